The summed E-state index contributed by atoms with van der Waals surface area (Å²) in [7, 11) is 3.18. The molecule has 0 aliphatic heterocycles. The fraction of sp³-hybridized carbons (Fsp3) is 0.333. The lowest BCUT2D eigenvalue weighted by molar-refractivity contribution is -0.108. The Morgan fingerprint density at radius 1 is 1.29 bits per heavy atom. The van der Waals surface area contributed by atoms with Gasteiger partial charge in [0.1, 0.15) is 5.82 Å². The maximum absolute atomic E-state index is 5.17. The van der Waals surface area contributed by atoms with Gasteiger partial charge in [0, 0.05) is 31.7 Å². The van der Waals surface area contributed by atoms with Crippen LogP contribution in [0.1, 0.15) is 22.7 Å². The molecule has 0 spiro atoms. The lowest BCUT2D eigenvalue weighted by atomic mass is 10.3. The molecule has 5 heteroatoms. The molecule has 0 bridgehead atoms. The standard InChI is InChI=1S/C12H14N2O2S/c1-15-12(16-2)10-5-6-13-11(14-10)8-9-4-3-7-17-9/h3-7,12H,8H2,1-2H3. The van der Waals surface area contributed by atoms with Crippen molar-refractivity contribution in [3.8, 4) is 0 Å². The van der Waals surface area contributed by atoms with E-state index in [0.717, 1.165) is 17.9 Å². The minimum absolute atomic E-state index is 0.430. The smallest absolute Gasteiger partial charge is 0.200 e. The molecular weight excluding hydrogens is 236 g/mol. The van der Waals surface area contributed by atoms with Gasteiger partial charge >= 0.3 is 0 Å². The van der Waals surface area contributed by atoms with Crippen LogP contribution >= 0.6 is 11.3 Å². The monoisotopic (exact) mass is 250 g/mol. The molecular formula is C12H14N2O2S. The summed E-state index contributed by atoms with van der Waals surface area (Å²) in [5, 5.41) is 2.05. The van der Waals surface area contributed by atoms with E-state index in [-0.39, 0.29) is 0 Å². The van der Waals surface area contributed by atoms with Crippen LogP contribution in [0.3, 0.4) is 0 Å². The number of nitrogens with zero attached hydrogens (tertiary/aromatic N) is 2. The molecule has 90 valence electrons. The zero-order chi connectivity index (χ0) is 12.1. The Morgan fingerprint density at radius 2 is 2.12 bits per heavy atom. The summed E-state index contributed by atoms with van der Waals surface area (Å²) in [5.74, 6) is 0.782. The Morgan fingerprint density at radius 3 is 2.76 bits per heavy atom. The quantitative estimate of drug-likeness (QED) is 0.764. The van der Waals surface area contributed by atoms with E-state index in [2.05, 4.69) is 16.0 Å². The van der Waals surface area contributed by atoms with E-state index in [1.165, 1.54) is 4.88 Å². The van der Waals surface area contributed by atoms with Crippen molar-refractivity contribution in [3.63, 3.8) is 0 Å². The van der Waals surface area contributed by atoms with Crippen LogP contribution in [0.5, 0.6) is 0 Å². The average Bonchev–Trinajstić information content (AvgIpc) is 2.84. The van der Waals surface area contributed by atoms with Crippen LogP contribution in [0.15, 0.2) is 29.8 Å². The van der Waals surface area contributed by atoms with Crippen LogP contribution in [-0.4, -0.2) is 24.2 Å². The van der Waals surface area contributed by atoms with Crippen molar-refractivity contribution >= 4 is 11.3 Å². The molecule has 0 saturated carbocycles. The first kappa shape index (κ1) is 12.2. The minimum Gasteiger partial charge on any atom is -0.350 e. The third-order valence-electron chi connectivity index (χ3n) is 2.31. The molecule has 0 saturated heterocycles. The van der Waals surface area contributed by atoms with Crippen molar-refractivity contribution in [1.29, 1.82) is 0 Å². The molecule has 2 heterocycles. The number of hydrogen-bond donors (Lipinski definition) is 0. The second-order valence-corrected chi connectivity index (χ2v) is 4.49. The summed E-state index contributed by atoms with van der Waals surface area (Å²) in [6.45, 7) is 0. The van der Waals surface area contributed by atoms with Gasteiger partial charge in [-0.1, -0.05) is 6.07 Å². The van der Waals surface area contributed by atoms with Gasteiger partial charge in [-0.3, -0.25) is 0 Å². The van der Waals surface area contributed by atoms with Gasteiger partial charge < -0.3 is 9.47 Å². The number of thiophene rings is 1. The third-order valence-corrected chi connectivity index (χ3v) is 3.19. The molecule has 0 aliphatic carbocycles. The van der Waals surface area contributed by atoms with Gasteiger partial charge in [-0.2, -0.15) is 0 Å². The maximum atomic E-state index is 5.17. The molecule has 0 atom stereocenters. The number of hydrogen-bond acceptors (Lipinski definition) is 5. The highest BCUT2D eigenvalue weighted by Crippen LogP contribution is 2.16. The summed E-state index contributed by atoms with van der Waals surface area (Å²) in [5.41, 5.74) is 0.747. The Kier molecular flexibility index (Phi) is 4.19. The van der Waals surface area contributed by atoms with Crippen LogP contribution in [0.2, 0.25) is 0 Å². The fourth-order valence-corrected chi connectivity index (χ4v) is 2.24. The molecule has 2 aromatic heterocycles. The van der Waals surface area contributed by atoms with Crippen molar-refractivity contribution in [2.24, 2.45) is 0 Å². The molecule has 0 fully saturated rings. The van der Waals surface area contributed by atoms with Gasteiger partial charge in [-0.05, 0) is 17.5 Å². The van der Waals surface area contributed by atoms with Crippen molar-refractivity contribution in [3.05, 3.63) is 46.2 Å². The second-order valence-electron chi connectivity index (χ2n) is 3.46. The van der Waals surface area contributed by atoms with Gasteiger partial charge in [-0.25, -0.2) is 9.97 Å². The first-order chi connectivity index (χ1) is 8.33. The third kappa shape index (κ3) is 3.09. The zero-order valence-electron chi connectivity index (χ0n) is 9.79. The molecule has 17 heavy (non-hydrogen) atoms. The molecule has 2 aromatic rings. The van der Waals surface area contributed by atoms with Gasteiger partial charge in [0.2, 0.25) is 6.29 Å². The van der Waals surface area contributed by atoms with Crippen molar-refractivity contribution < 1.29 is 9.47 Å². The number of rotatable bonds is 5. The molecule has 0 aliphatic rings. The van der Waals surface area contributed by atoms with Crippen LogP contribution in [0.4, 0.5) is 0 Å². The number of aromatic nitrogens is 2. The molecule has 0 unspecified atom stereocenters. The van der Waals surface area contributed by atoms with E-state index in [0.29, 0.717) is 0 Å². The van der Waals surface area contributed by atoms with Crippen molar-refractivity contribution in [2.75, 3.05) is 14.2 Å². The van der Waals surface area contributed by atoms with E-state index in [4.69, 9.17) is 9.47 Å². The fourth-order valence-electron chi connectivity index (χ4n) is 1.54. The van der Waals surface area contributed by atoms with Crippen LogP contribution in [-0.2, 0) is 15.9 Å². The van der Waals surface area contributed by atoms with Crippen LogP contribution in [0.25, 0.3) is 0 Å². The van der Waals surface area contributed by atoms with Gasteiger partial charge in [0.15, 0.2) is 0 Å². The highest BCUT2D eigenvalue weighted by molar-refractivity contribution is 7.09. The molecule has 0 amide bonds. The average molecular weight is 250 g/mol. The summed E-state index contributed by atoms with van der Waals surface area (Å²) in [6.07, 6.45) is 2.04. The normalized spacial score (nSPS) is 11.0. The van der Waals surface area contributed by atoms with Crippen molar-refractivity contribution in [2.45, 2.75) is 12.7 Å². The largest absolute Gasteiger partial charge is 0.350 e. The van der Waals surface area contributed by atoms with Crippen LogP contribution < -0.4 is 0 Å². The van der Waals surface area contributed by atoms with E-state index in [9.17, 15) is 0 Å². The van der Waals surface area contributed by atoms with Crippen molar-refractivity contribution in [1.82, 2.24) is 9.97 Å². The van der Waals surface area contributed by atoms with E-state index >= 15 is 0 Å². The molecule has 2 rings (SSSR count). The minimum atomic E-state index is -0.430. The second kappa shape index (κ2) is 5.86. The molecule has 0 N–H and O–H groups in total. The Labute approximate surface area is 104 Å². The lowest BCUT2D eigenvalue weighted by Gasteiger charge is -2.12. The van der Waals surface area contributed by atoms with Gasteiger partial charge in [0.05, 0.1) is 5.69 Å². The predicted molar refractivity (Wildman–Crippen MR) is 65.9 cm³/mol. The number of ether oxygens (including phenoxy) is 2. The lowest BCUT2D eigenvalue weighted by Crippen LogP contribution is -2.08. The summed E-state index contributed by atoms with van der Waals surface area (Å²) in [6, 6.07) is 5.90. The number of methoxy groups -OCH3 is 2. The van der Waals surface area contributed by atoms with E-state index in [1.807, 2.05) is 11.4 Å². The molecule has 4 nitrogen and oxygen atoms in total. The Bertz CT molecular complexity index is 455. The molecule has 0 radical (unpaired) electrons. The summed E-state index contributed by atoms with van der Waals surface area (Å²) in [4.78, 5) is 9.93. The zero-order valence-corrected chi connectivity index (χ0v) is 10.6. The van der Waals surface area contributed by atoms with E-state index < -0.39 is 6.29 Å². The molecule has 0 aromatic carbocycles. The Balaban J connectivity index is 2.16. The topological polar surface area (TPSA) is 44.2 Å². The van der Waals surface area contributed by atoms with Crippen LogP contribution in [0, 0.1) is 0 Å². The highest BCUT2D eigenvalue weighted by atomic mass is 32.1. The summed E-state index contributed by atoms with van der Waals surface area (Å²) < 4.78 is 10.3. The van der Waals surface area contributed by atoms with Gasteiger partial charge in [0.25, 0.3) is 0 Å². The predicted octanol–water partition coefficient (Wildman–Crippen LogP) is 2.42. The SMILES string of the molecule is COC(OC)c1ccnc(Cc2cccs2)n1. The summed E-state index contributed by atoms with van der Waals surface area (Å²) >= 11 is 1.70. The maximum Gasteiger partial charge on any atom is 0.200 e. The first-order valence-corrected chi connectivity index (χ1v) is 6.11. The first-order valence-electron chi connectivity index (χ1n) is 5.23. The Hall–Kier alpha value is -1.30. The highest BCUT2D eigenvalue weighted by Gasteiger charge is 2.11. The van der Waals surface area contributed by atoms with Gasteiger partial charge in [-0.15, -0.1) is 11.3 Å². The van der Waals surface area contributed by atoms with E-state index in [1.54, 1.807) is 37.8 Å².